The van der Waals surface area contributed by atoms with E-state index in [1.54, 1.807) is 12.3 Å². The third-order valence-electron chi connectivity index (χ3n) is 7.42. The van der Waals surface area contributed by atoms with Crippen LogP contribution in [0.4, 0.5) is 0 Å². The van der Waals surface area contributed by atoms with Crippen LogP contribution in [0.15, 0.2) is 47.1 Å². The molecule has 0 radical (unpaired) electrons. The SMILES string of the molecule is CCOC(=O)CC1CC2(C1)CC(CC(=O)c1ccc(Cl)c3cnn(Cc4ccc(Br)cc4)c13)C2. The van der Waals surface area contributed by atoms with Crippen LogP contribution < -0.4 is 0 Å². The molecule has 2 aliphatic rings. The van der Waals surface area contributed by atoms with Gasteiger partial charge in [0, 0.05) is 28.3 Å². The molecule has 0 atom stereocenters. The highest BCUT2D eigenvalue weighted by Crippen LogP contribution is 2.62. The second-order valence-electron chi connectivity index (χ2n) is 9.97. The molecule has 3 aromatic rings. The number of ketones is 1. The van der Waals surface area contributed by atoms with Crippen molar-refractivity contribution in [3.8, 4) is 0 Å². The number of rotatable bonds is 8. The Morgan fingerprint density at radius 3 is 2.44 bits per heavy atom. The van der Waals surface area contributed by atoms with Crippen molar-refractivity contribution < 1.29 is 14.3 Å². The Kier molecular flexibility index (Phi) is 6.56. The van der Waals surface area contributed by atoms with E-state index in [4.69, 9.17) is 16.3 Å². The lowest BCUT2D eigenvalue weighted by Crippen LogP contribution is -2.48. The van der Waals surface area contributed by atoms with Crippen LogP contribution in [-0.4, -0.2) is 28.1 Å². The first-order valence-electron chi connectivity index (χ1n) is 11.9. The molecular weight excluding hydrogens is 516 g/mol. The lowest BCUT2D eigenvalue weighted by Gasteiger charge is -2.58. The summed E-state index contributed by atoms with van der Waals surface area (Å²) in [7, 11) is 0. The molecule has 0 aliphatic heterocycles. The molecule has 2 saturated carbocycles. The Hall–Kier alpha value is -2.18. The molecule has 178 valence electrons. The molecule has 0 amide bonds. The molecule has 34 heavy (non-hydrogen) atoms. The second-order valence-corrected chi connectivity index (χ2v) is 11.3. The number of halogens is 2. The number of nitrogens with zero attached hydrogens (tertiary/aromatic N) is 2. The van der Waals surface area contributed by atoms with E-state index in [-0.39, 0.29) is 11.8 Å². The van der Waals surface area contributed by atoms with Gasteiger partial charge in [0.25, 0.3) is 0 Å². The molecule has 2 aliphatic carbocycles. The highest BCUT2D eigenvalue weighted by Gasteiger charge is 2.53. The van der Waals surface area contributed by atoms with E-state index in [0.29, 0.717) is 53.8 Å². The molecule has 1 aromatic heterocycles. The number of benzene rings is 2. The van der Waals surface area contributed by atoms with E-state index in [0.717, 1.165) is 46.6 Å². The molecule has 7 heteroatoms. The van der Waals surface area contributed by atoms with Crippen molar-refractivity contribution in [2.24, 2.45) is 17.3 Å². The van der Waals surface area contributed by atoms with Gasteiger partial charge < -0.3 is 4.74 Å². The van der Waals surface area contributed by atoms with Gasteiger partial charge in [-0.25, -0.2) is 0 Å². The van der Waals surface area contributed by atoms with Crippen LogP contribution in [0, 0.1) is 17.3 Å². The molecular formula is C27H28BrClN2O3. The van der Waals surface area contributed by atoms with E-state index >= 15 is 0 Å². The van der Waals surface area contributed by atoms with Crippen LogP contribution in [0.2, 0.25) is 5.02 Å². The first-order chi connectivity index (χ1) is 16.4. The van der Waals surface area contributed by atoms with Crippen molar-refractivity contribution in [3.05, 3.63) is 63.2 Å². The minimum absolute atomic E-state index is 0.0834. The summed E-state index contributed by atoms with van der Waals surface area (Å²) in [6, 6.07) is 11.8. The average Bonchev–Trinajstić information content (AvgIpc) is 3.17. The van der Waals surface area contributed by atoms with Crippen LogP contribution in [0.1, 0.15) is 61.4 Å². The van der Waals surface area contributed by atoms with Gasteiger partial charge >= 0.3 is 5.97 Å². The Balaban J connectivity index is 1.25. The zero-order valence-electron chi connectivity index (χ0n) is 19.2. The van der Waals surface area contributed by atoms with Crippen LogP contribution in [0.3, 0.4) is 0 Å². The topological polar surface area (TPSA) is 61.2 Å². The number of ether oxygens (including phenoxy) is 1. The number of fused-ring (bicyclic) bond motifs is 1. The Labute approximate surface area is 212 Å². The smallest absolute Gasteiger partial charge is 0.306 e. The van der Waals surface area contributed by atoms with Crippen molar-refractivity contribution in [1.82, 2.24) is 9.78 Å². The molecule has 0 unspecified atom stereocenters. The van der Waals surface area contributed by atoms with Gasteiger partial charge in [-0.3, -0.25) is 14.3 Å². The van der Waals surface area contributed by atoms with Crippen molar-refractivity contribution in [2.75, 3.05) is 6.61 Å². The zero-order chi connectivity index (χ0) is 23.9. The fourth-order valence-electron chi connectivity index (χ4n) is 6.06. The summed E-state index contributed by atoms with van der Waals surface area (Å²) in [5.41, 5.74) is 2.96. The van der Waals surface area contributed by atoms with Gasteiger partial charge in [0.2, 0.25) is 0 Å². The number of Topliss-reactive ketones (excluding diaryl/α,β-unsaturated/α-hetero) is 1. The molecule has 2 fully saturated rings. The molecule has 0 saturated heterocycles. The molecule has 1 heterocycles. The quantitative estimate of drug-likeness (QED) is 0.231. The Bertz CT molecular complexity index is 1220. The van der Waals surface area contributed by atoms with E-state index in [9.17, 15) is 9.59 Å². The Morgan fingerprint density at radius 1 is 1.09 bits per heavy atom. The van der Waals surface area contributed by atoms with Crippen LogP contribution in [0.5, 0.6) is 0 Å². The molecule has 0 bridgehead atoms. The van der Waals surface area contributed by atoms with Crippen molar-refractivity contribution in [1.29, 1.82) is 0 Å². The van der Waals surface area contributed by atoms with E-state index in [1.807, 2.05) is 41.9 Å². The predicted octanol–water partition coefficient (Wildman–Crippen LogP) is 6.83. The average molecular weight is 544 g/mol. The van der Waals surface area contributed by atoms with Crippen molar-refractivity contribution in [2.45, 2.75) is 52.0 Å². The molecule has 5 rings (SSSR count). The molecule has 5 nitrogen and oxygen atoms in total. The van der Waals surface area contributed by atoms with Gasteiger partial charge in [-0.2, -0.15) is 5.10 Å². The minimum Gasteiger partial charge on any atom is -0.466 e. The van der Waals surface area contributed by atoms with Gasteiger partial charge in [0.15, 0.2) is 5.78 Å². The second kappa shape index (κ2) is 9.46. The highest BCUT2D eigenvalue weighted by atomic mass is 79.9. The number of aromatic nitrogens is 2. The first-order valence-corrected chi connectivity index (χ1v) is 13.1. The Morgan fingerprint density at radius 2 is 1.76 bits per heavy atom. The maximum Gasteiger partial charge on any atom is 0.306 e. The number of hydrogen-bond donors (Lipinski definition) is 0. The van der Waals surface area contributed by atoms with Gasteiger partial charge in [-0.1, -0.05) is 39.7 Å². The summed E-state index contributed by atoms with van der Waals surface area (Å²) < 4.78 is 7.98. The number of esters is 1. The minimum atomic E-state index is -0.0834. The summed E-state index contributed by atoms with van der Waals surface area (Å²) >= 11 is 9.91. The number of carbonyl (C=O) groups is 2. The van der Waals surface area contributed by atoms with Gasteiger partial charge in [-0.05, 0) is 79.7 Å². The van der Waals surface area contributed by atoms with Crippen LogP contribution >= 0.6 is 27.5 Å². The summed E-state index contributed by atoms with van der Waals surface area (Å²) in [6.07, 6.45) is 7.15. The predicted molar refractivity (Wildman–Crippen MR) is 136 cm³/mol. The monoisotopic (exact) mass is 542 g/mol. The maximum absolute atomic E-state index is 13.4. The van der Waals surface area contributed by atoms with E-state index < -0.39 is 0 Å². The summed E-state index contributed by atoms with van der Waals surface area (Å²) in [4.78, 5) is 25.1. The van der Waals surface area contributed by atoms with E-state index in [2.05, 4.69) is 21.0 Å². The first kappa shape index (κ1) is 23.6. The van der Waals surface area contributed by atoms with Crippen LogP contribution in [0.25, 0.3) is 10.9 Å². The van der Waals surface area contributed by atoms with Crippen molar-refractivity contribution in [3.63, 3.8) is 0 Å². The maximum atomic E-state index is 13.4. The normalized spacial score (nSPS) is 23.5. The van der Waals surface area contributed by atoms with Crippen molar-refractivity contribution >= 4 is 50.2 Å². The number of hydrogen-bond acceptors (Lipinski definition) is 4. The fourth-order valence-corrected chi connectivity index (χ4v) is 6.52. The zero-order valence-corrected chi connectivity index (χ0v) is 21.6. The van der Waals surface area contributed by atoms with Gasteiger partial charge in [-0.15, -0.1) is 0 Å². The lowest BCUT2D eigenvalue weighted by atomic mass is 9.47. The third-order valence-corrected chi connectivity index (χ3v) is 8.27. The fraction of sp³-hybridized carbons (Fsp3) is 0.444. The molecule has 1 spiro atoms. The lowest BCUT2D eigenvalue weighted by molar-refractivity contribution is -0.148. The van der Waals surface area contributed by atoms with Gasteiger partial charge in [0.1, 0.15) is 0 Å². The van der Waals surface area contributed by atoms with Crippen LogP contribution in [-0.2, 0) is 16.1 Å². The highest BCUT2D eigenvalue weighted by molar-refractivity contribution is 9.10. The number of carbonyl (C=O) groups excluding carboxylic acids is 2. The summed E-state index contributed by atoms with van der Waals surface area (Å²) in [6.45, 7) is 2.86. The van der Waals surface area contributed by atoms with Gasteiger partial charge in [0.05, 0.1) is 29.9 Å². The molecule has 2 aromatic carbocycles. The summed E-state index contributed by atoms with van der Waals surface area (Å²) in [5, 5.41) is 5.98. The summed E-state index contributed by atoms with van der Waals surface area (Å²) in [5.74, 6) is 0.922. The third kappa shape index (κ3) is 4.67. The molecule has 0 N–H and O–H groups in total. The van der Waals surface area contributed by atoms with E-state index in [1.165, 1.54) is 0 Å². The standard InChI is InChI=1S/C27H28BrClN2O3/c1-2-34-25(33)10-19-13-27(14-19)11-18(12-27)9-24(32)21-7-8-23(29)22-15-30-31(26(21)22)16-17-3-5-20(28)6-4-17/h3-8,15,18-19H,2,9-14,16H2,1H3. The largest absolute Gasteiger partial charge is 0.466 e.